The van der Waals surface area contributed by atoms with E-state index in [1.54, 1.807) is 12.1 Å². The third kappa shape index (κ3) is 3.66. The van der Waals surface area contributed by atoms with Gasteiger partial charge in [-0.25, -0.2) is 9.97 Å². The molecule has 0 atom stereocenters. The van der Waals surface area contributed by atoms with E-state index in [1.165, 1.54) is 24.5 Å². The highest BCUT2D eigenvalue weighted by atomic mass is 32.1. The second-order valence-corrected chi connectivity index (χ2v) is 5.63. The van der Waals surface area contributed by atoms with Crippen LogP contribution in [0.15, 0.2) is 18.3 Å². The Hall–Kier alpha value is -2.32. The summed E-state index contributed by atoms with van der Waals surface area (Å²) in [5, 5.41) is 11.3. The standard InChI is InChI=1S/C14H16N4O3S/c1-8(20)10-3-4-11(22-10)9-7-17-13(15)12(18-9)14(21)16-5-2-6-19/h3-4,7,19H,2,5-6H2,1H3,(H2,15,17)(H,16,21). The number of nitrogens with one attached hydrogen (secondary N) is 1. The Morgan fingerprint density at radius 3 is 2.82 bits per heavy atom. The first-order chi connectivity index (χ1) is 10.5. The van der Waals surface area contributed by atoms with Gasteiger partial charge in [-0.1, -0.05) is 0 Å². The van der Waals surface area contributed by atoms with Gasteiger partial charge in [0.1, 0.15) is 0 Å². The fraction of sp³-hybridized carbons (Fsp3) is 0.286. The van der Waals surface area contributed by atoms with Crippen molar-refractivity contribution in [2.75, 3.05) is 18.9 Å². The Balaban J connectivity index is 2.25. The van der Waals surface area contributed by atoms with Gasteiger partial charge in [-0.3, -0.25) is 9.59 Å². The molecule has 1 amide bonds. The van der Waals surface area contributed by atoms with Gasteiger partial charge in [-0.15, -0.1) is 11.3 Å². The number of carbonyl (C=O) groups is 2. The molecule has 2 rings (SSSR count). The number of rotatable bonds is 6. The third-order valence-corrected chi connectivity index (χ3v) is 4.05. The number of aliphatic hydroxyl groups is 1. The average Bonchev–Trinajstić information content (AvgIpc) is 2.98. The number of amides is 1. The Kier molecular flexibility index (Phi) is 5.18. The van der Waals surface area contributed by atoms with Crippen LogP contribution in [0.1, 0.15) is 33.5 Å². The summed E-state index contributed by atoms with van der Waals surface area (Å²) in [7, 11) is 0. The van der Waals surface area contributed by atoms with Crippen molar-refractivity contribution >= 4 is 28.8 Å². The van der Waals surface area contributed by atoms with E-state index in [9.17, 15) is 9.59 Å². The van der Waals surface area contributed by atoms with Gasteiger partial charge in [-0.2, -0.15) is 0 Å². The molecule has 0 unspecified atom stereocenters. The summed E-state index contributed by atoms with van der Waals surface area (Å²) >= 11 is 1.28. The van der Waals surface area contributed by atoms with Gasteiger partial charge >= 0.3 is 0 Å². The summed E-state index contributed by atoms with van der Waals surface area (Å²) in [6.45, 7) is 1.81. The van der Waals surface area contributed by atoms with Crippen molar-refractivity contribution in [3.8, 4) is 10.6 Å². The lowest BCUT2D eigenvalue weighted by atomic mass is 10.3. The highest BCUT2D eigenvalue weighted by molar-refractivity contribution is 7.17. The van der Waals surface area contributed by atoms with Crippen molar-refractivity contribution in [3.63, 3.8) is 0 Å². The molecular weight excluding hydrogens is 304 g/mol. The second-order valence-electron chi connectivity index (χ2n) is 4.54. The van der Waals surface area contributed by atoms with Crippen LogP contribution in [0.25, 0.3) is 10.6 Å². The Morgan fingerprint density at radius 2 is 2.18 bits per heavy atom. The number of aliphatic hydroxyl groups excluding tert-OH is 1. The number of carbonyl (C=O) groups excluding carboxylic acids is 2. The van der Waals surface area contributed by atoms with E-state index in [2.05, 4.69) is 15.3 Å². The number of Topliss-reactive ketones (excluding diaryl/α,β-unsaturated/α-hetero) is 1. The molecule has 0 radical (unpaired) electrons. The number of hydrogen-bond donors (Lipinski definition) is 3. The van der Waals surface area contributed by atoms with Crippen LogP contribution in [0, 0.1) is 0 Å². The lowest BCUT2D eigenvalue weighted by Gasteiger charge is -2.06. The van der Waals surface area contributed by atoms with Gasteiger partial charge in [0.2, 0.25) is 0 Å². The fourth-order valence-electron chi connectivity index (χ4n) is 1.71. The first-order valence-electron chi connectivity index (χ1n) is 6.65. The fourth-order valence-corrected chi connectivity index (χ4v) is 2.57. The van der Waals surface area contributed by atoms with Crippen molar-refractivity contribution < 1.29 is 14.7 Å². The smallest absolute Gasteiger partial charge is 0.273 e. The second kappa shape index (κ2) is 7.10. The Bertz CT molecular complexity index is 699. The molecule has 116 valence electrons. The van der Waals surface area contributed by atoms with Crippen LogP contribution < -0.4 is 11.1 Å². The van der Waals surface area contributed by atoms with Crippen LogP contribution in [0.5, 0.6) is 0 Å². The van der Waals surface area contributed by atoms with E-state index in [0.29, 0.717) is 23.5 Å². The summed E-state index contributed by atoms with van der Waals surface area (Å²) in [6.07, 6.45) is 1.92. The minimum atomic E-state index is -0.441. The van der Waals surface area contributed by atoms with Crippen LogP contribution in [0.3, 0.4) is 0 Å². The number of nitrogens with two attached hydrogens (primary N) is 1. The molecule has 2 heterocycles. The SMILES string of the molecule is CC(=O)c1ccc(-c2cnc(N)c(C(=O)NCCCO)n2)s1. The minimum Gasteiger partial charge on any atom is -0.396 e. The monoisotopic (exact) mass is 320 g/mol. The number of thiophene rings is 1. The van der Waals surface area contributed by atoms with Crippen LogP contribution in [0.2, 0.25) is 0 Å². The lowest BCUT2D eigenvalue weighted by Crippen LogP contribution is -2.27. The molecule has 0 saturated carbocycles. The lowest BCUT2D eigenvalue weighted by molar-refractivity contribution is 0.0946. The summed E-state index contributed by atoms with van der Waals surface area (Å²) < 4.78 is 0. The van der Waals surface area contributed by atoms with Crippen LogP contribution in [0.4, 0.5) is 5.82 Å². The Morgan fingerprint density at radius 1 is 1.41 bits per heavy atom. The van der Waals surface area contributed by atoms with Crippen molar-refractivity contribution in [2.45, 2.75) is 13.3 Å². The van der Waals surface area contributed by atoms with E-state index >= 15 is 0 Å². The molecule has 2 aromatic rings. The predicted molar refractivity (Wildman–Crippen MR) is 83.8 cm³/mol. The van der Waals surface area contributed by atoms with E-state index < -0.39 is 5.91 Å². The minimum absolute atomic E-state index is 0.00943. The summed E-state index contributed by atoms with van der Waals surface area (Å²) in [5.74, 6) is -0.432. The van der Waals surface area contributed by atoms with E-state index in [1.807, 2.05) is 0 Å². The number of nitrogen functional groups attached to an aromatic ring is 1. The number of nitrogens with zero attached hydrogens (tertiary/aromatic N) is 2. The van der Waals surface area contributed by atoms with Crippen molar-refractivity contribution in [2.24, 2.45) is 0 Å². The Labute approximate surface area is 131 Å². The molecule has 0 aliphatic rings. The van der Waals surface area contributed by atoms with Gasteiger partial charge in [0, 0.05) is 13.2 Å². The molecule has 0 bridgehead atoms. The molecule has 0 fully saturated rings. The molecule has 0 aromatic carbocycles. The third-order valence-electron chi connectivity index (χ3n) is 2.84. The molecular formula is C14H16N4O3S. The summed E-state index contributed by atoms with van der Waals surface area (Å²) in [6, 6.07) is 3.47. The van der Waals surface area contributed by atoms with Crippen molar-refractivity contribution in [1.29, 1.82) is 0 Å². The number of anilines is 1. The summed E-state index contributed by atoms with van der Waals surface area (Å²) in [5.41, 5.74) is 6.21. The van der Waals surface area contributed by atoms with Gasteiger partial charge < -0.3 is 16.2 Å². The highest BCUT2D eigenvalue weighted by Crippen LogP contribution is 2.27. The predicted octanol–water partition coefficient (Wildman–Crippen LogP) is 1.10. The number of aromatic nitrogens is 2. The zero-order valence-electron chi connectivity index (χ0n) is 12.0. The average molecular weight is 320 g/mol. The van der Waals surface area contributed by atoms with E-state index in [-0.39, 0.29) is 23.9 Å². The normalized spacial score (nSPS) is 10.5. The molecule has 4 N–H and O–H groups in total. The number of hydrogen-bond acceptors (Lipinski definition) is 7. The molecule has 0 aliphatic heterocycles. The van der Waals surface area contributed by atoms with Crippen LogP contribution >= 0.6 is 11.3 Å². The molecule has 0 saturated heterocycles. The molecule has 0 spiro atoms. The van der Waals surface area contributed by atoms with Gasteiger partial charge in [-0.05, 0) is 25.5 Å². The van der Waals surface area contributed by atoms with Gasteiger partial charge in [0.25, 0.3) is 5.91 Å². The van der Waals surface area contributed by atoms with Crippen molar-refractivity contribution in [3.05, 3.63) is 28.9 Å². The van der Waals surface area contributed by atoms with E-state index in [0.717, 1.165) is 4.88 Å². The van der Waals surface area contributed by atoms with Gasteiger partial charge in [0.05, 0.1) is 21.6 Å². The van der Waals surface area contributed by atoms with E-state index in [4.69, 9.17) is 10.8 Å². The molecule has 2 aromatic heterocycles. The molecule has 0 aliphatic carbocycles. The highest BCUT2D eigenvalue weighted by Gasteiger charge is 2.15. The first kappa shape index (κ1) is 16.1. The van der Waals surface area contributed by atoms with Crippen molar-refractivity contribution in [1.82, 2.24) is 15.3 Å². The first-order valence-corrected chi connectivity index (χ1v) is 7.47. The maximum absolute atomic E-state index is 12.0. The summed E-state index contributed by atoms with van der Waals surface area (Å²) in [4.78, 5) is 32.9. The molecule has 8 heteroatoms. The quantitative estimate of drug-likeness (QED) is 0.542. The van der Waals surface area contributed by atoms with Crippen LogP contribution in [-0.2, 0) is 0 Å². The zero-order chi connectivity index (χ0) is 16.1. The maximum atomic E-state index is 12.0. The topological polar surface area (TPSA) is 118 Å². The number of ketones is 1. The van der Waals surface area contributed by atoms with Crippen LogP contribution in [-0.4, -0.2) is 39.9 Å². The molecule has 22 heavy (non-hydrogen) atoms. The van der Waals surface area contributed by atoms with Gasteiger partial charge in [0.15, 0.2) is 17.3 Å². The largest absolute Gasteiger partial charge is 0.396 e. The zero-order valence-corrected chi connectivity index (χ0v) is 12.8. The maximum Gasteiger partial charge on any atom is 0.273 e. The molecule has 7 nitrogen and oxygen atoms in total.